The van der Waals surface area contributed by atoms with E-state index in [1.54, 1.807) is 0 Å². The number of carbonyl (C=O) groups is 1. The number of ketones is 1. The lowest BCUT2D eigenvalue weighted by molar-refractivity contribution is -0.284. The molecule has 0 aliphatic carbocycles. The molecule has 0 bridgehead atoms. The summed E-state index contributed by atoms with van der Waals surface area (Å²) >= 11 is 0.968. The summed E-state index contributed by atoms with van der Waals surface area (Å²) in [4.78, 5) is 20.6. The Hall–Kier alpha value is -0.640. The molecule has 4 heteroatoms. The Bertz CT molecular complexity index is 145. The molecule has 0 aromatic carbocycles. The molecular weight excluding hydrogens is 126 g/mol. The summed E-state index contributed by atoms with van der Waals surface area (Å²) in [6.45, 7) is 0. The molecular formula is C4H4NO2S+. The molecule has 1 aliphatic rings. The van der Waals surface area contributed by atoms with Gasteiger partial charge in [-0.2, -0.15) is 0 Å². The molecule has 0 spiro atoms. The van der Waals surface area contributed by atoms with Crippen molar-refractivity contribution in [2.45, 2.75) is 0 Å². The standard InChI is InChI=1S/C4H4NO2S/c6-4-1-2-5(7)8-3-4/h1-2H,3H2/q+1. The normalized spacial score (nSPS) is 19.5. The first-order valence-corrected chi connectivity index (χ1v) is 3.03. The molecule has 8 heavy (non-hydrogen) atoms. The Kier molecular flexibility index (Phi) is 1.43. The monoisotopic (exact) mass is 130 g/mol. The van der Waals surface area contributed by atoms with E-state index in [0.29, 0.717) is 4.17 Å². The van der Waals surface area contributed by atoms with Gasteiger partial charge in [-0.15, -0.1) is 0 Å². The lowest BCUT2D eigenvalue weighted by atomic mass is 10.4. The van der Waals surface area contributed by atoms with E-state index in [0.717, 1.165) is 11.9 Å². The highest BCUT2D eigenvalue weighted by atomic mass is 32.2. The van der Waals surface area contributed by atoms with E-state index in [1.165, 1.54) is 12.3 Å². The van der Waals surface area contributed by atoms with Gasteiger partial charge in [0.2, 0.25) is 18.1 Å². The smallest absolute Gasteiger partial charge is 0.241 e. The highest BCUT2D eigenvalue weighted by Gasteiger charge is 2.16. The number of allylic oxidation sites excluding steroid dienone is 1. The van der Waals surface area contributed by atoms with Crippen molar-refractivity contribution in [3.8, 4) is 0 Å². The highest BCUT2D eigenvalue weighted by Crippen LogP contribution is 2.07. The Morgan fingerprint density at radius 1 is 1.75 bits per heavy atom. The van der Waals surface area contributed by atoms with Crippen molar-refractivity contribution in [3.63, 3.8) is 0 Å². The average molecular weight is 130 g/mol. The SMILES string of the molecule is O=C1C=C[N+](=O)SC1. The summed E-state index contributed by atoms with van der Waals surface area (Å²) in [6.07, 6.45) is 2.50. The Morgan fingerprint density at radius 2 is 2.50 bits per heavy atom. The van der Waals surface area contributed by atoms with Gasteiger partial charge in [-0.05, 0) is 0 Å². The molecule has 0 atom stereocenters. The van der Waals surface area contributed by atoms with Gasteiger partial charge in [0.1, 0.15) is 9.92 Å². The molecule has 1 heterocycles. The van der Waals surface area contributed by atoms with Crippen LogP contribution in [0.2, 0.25) is 0 Å². The molecule has 42 valence electrons. The summed E-state index contributed by atoms with van der Waals surface area (Å²) in [6, 6.07) is 0. The summed E-state index contributed by atoms with van der Waals surface area (Å²) in [5.74, 6) is 0.280. The molecule has 0 radical (unpaired) electrons. The quantitative estimate of drug-likeness (QED) is 0.354. The maximum absolute atomic E-state index is 10.3. The van der Waals surface area contributed by atoms with Gasteiger partial charge in [0.25, 0.3) is 0 Å². The molecule has 0 aromatic heterocycles. The molecule has 0 saturated carbocycles. The van der Waals surface area contributed by atoms with Gasteiger partial charge in [0.15, 0.2) is 5.78 Å². The second-order valence-corrected chi connectivity index (χ2v) is 2.25. The third-order valence-electron chi connectivity index (χ3n) is 0.716. The van der Waals surface area contributed by atoms with Crippen LogP contribution in [0.4, 0.5) is 0 Å². The van der Waals surface area contributed by atoms with Gasteiger partial charge in [0, 0.05) is 4.91 Å². The van der Waals surface area contributed by atoms with Crippen molar-refractivity contribution in [3.05, 3.63) is 17.2 Å². The zero-order chi connectivity index (χ0) is 5.98. The maximum Gasteiger partial charge on any atom is 0.241 e. The third kappa shape index (κ3) is 1.16. The largest absolute Gasteiger partial charge is 0.293 e. The number of carbonyl (C=O) groups excluding carboxylic acids is 1. The van der Waals surface area contributed by atoms with Gasteiger partial charge in [-0.25, -0.2) is 0 Å². The first-order chi connectivity index (χ1) is 3.79. The summed E-state index contributed by atoms with van der Waals surface area (Å²) in [5, 5.41) is 0. The molecule has 1 rings (SSSR count). The molecule has 0 amide bonds. The predicted octanol–water partition coefficient (Wildman–Crippen LogP) is 0.510. The number of nitrogens with zero attached hydrogens (tertiary/aromatic N) is 1. The van der Waals surface area contributed by atoms with Crippen LogP contribution in [0.15, 0.2) is 12.3 Å². The molecule has 3 nitrogen and oxygen atoms in total. The summed E-state index contributed by atoms with van der Waals surface area (Å²) in [5.41, 5.74) is 0. The lowest BCUT2D eigenvalue weighted by Gasteiger charge is -1.87. The van der Waals surface area contributed by atoms with Crippen LogP contribution in [-0.4, -0.2) is 15.7 Å². The average Bonchev–Trinajstić information content (AvgIpc) is 1.77. The van der Waals surface area contributed by atoms with Crippen molar-refractivity contribution in [2.24, 2.45) is 0 Å². The van der Waals surface area contributed by atoms with Crippen LogP contribution >= 0.6 is 11.9 Å². The van der Waals surface area contributed by atoms with Crippen LogP contribution in [-0.2, 0) is 4.79 Å². The van der Waals surface area contributed by atoms with E-state index < -0.39 is 0 Å². The highest BCUT2D eigenvalue weighted by molar-refractivity contribution is 7.94. The van der Waals surface area contributed by atoms with Crippen LogP contribution in [0, 0.1) is 4.91 Å². The molecule has 0 fully saturated rings. The fraction of sp³-hybridized carbons (Fsp3) is 0.250. The van der Waals surface area contributed by atoms with Gasteiger partial charge in [-0.1, -0.05) is 0 Å². The molecule has 0 aromatic rings. The number of nitroso groups, excluding NO2 is 1. The topological polar surface area (TPSA) is 37.1 Å². The van der Waals surface area contributed by atoms with Gasteiger partial charge in [-0.3, -0.25) is 4.79 Å². The van der Waals surface area contributed by atoms with Gasteiger partial charge >= 0.3 is 0 Å². The van der Waals surface area contributed by atoms with Crippen LogP contribution in [0.1, 0.15) is 0 Å². The van der Waals surface area contributed by atoms with Crippen molar-refractivity contribution < 1.29 is 8.96 Å². The summed E-state index contributed by atoms with van der Waals surface area (Å²) in [7, 11) is 0. The van der Waals surface area contributed by atoms with Crippen molar-refractivity contribution in [1.29, 1.82) is 0 Å². The number of rotatable bonds is 0. The number of hydrogen-bond acceptors (Lipinski definition) is 3. The van der Waals surface area contributed by atoms with Crippen molar-refractivity contribution in [1.82, 2.24) is 0 Å². The Morgan fingerprint density at radius 3 is 2.88 bits per heavy atom. The minimum absolute atomic E-state index is 0.00194. The van der Waals surface area contributed by atoms with Gasteiger partial charge in [0.05, 0.1) is 6.08 Å². The molecule has 0 N–H and O–H groups in total. The van der Waals surface area contributed by atoms with Gasteiger partial charge < -0.3 is 0 Å². The Labute approximate surface area is 50.5 Å². The predicted molar refractivity (Wildman–Crippen MR) is 30.2 cm³/mol. The summed E-state index contributed by atoms with van der Waals surface area (Å²) < 4.78 is 0.668. The second kappa shape index (κ2) is 2.09. The van der Waals surface area contributed by atoms with Crippen LogP contribution < -0.4 is 0 Å². The Balaban J connectivity index is 2.68. The van der Waals surface area contributed by atoms with E-state index in [4.69, 9.17) is 0 Å². The van der Waals surface area contributed by atoms with E-state index >= 15 is 0 Å². The minimum Gasteiger partial charge on any atom is -0.293 e. The van der Waals surface area contributed by atoms with E-state index in [1.807, 2.05) is 0 Å². The van der Waals surface area contributed by atoms with Crippen LogP contribution in [0.3, 0.4) is 0 Å². The molecule has 0 unspecified atom stereocenters. The van der Waals surface area contributed by atoms with E-state index in [9.17, 15) is 9.70 Å². The number of hydrogen-bond donors (Lipinski definition) is 0. The second-order valence-electron chi connectivity index (χ2n) is 1.34. The third-order valence-corrected chi connectivity index (χ3v) is 1.51. The lowest BCUT2D eigenvalue weighted by Crippen LogP contribution is -2.05. The van der Waals surface area contributed by atoms with Crippen LogP contribution in [0.5, 0.6) is 0 Å². The first-order valence-electron chi connectivity index (χ1n) is 2.09. The van der Waals surface area contributed by atoms with E-state index in [2.05, 4.69) is 0 Å². The zero-order valence-corrected chi connectivity index (χ0v) is 4.85. The van der Waals surface area contributed by atoms with Crippen molar-refractivity contribution in [2.75, 3.05) is 5.75 Å². The minimum atomic E-state index is 0.00194. The molecule has 0 saturated heterocycles. The zero-order valence-electron chi connectivity index (χ0n) is 4.03. The van der Waals surface area contributed by atoms with Crippen molar-refractivity contribution >= 4 is 17.7 Å². The van der Waals surface area contributed by atoms with Crippen LogP contribution in [0.25, 0.3) is 0 Å². The maximum atomic E-state index is 10.3. The molecule has 1 aliphatic heterocycles. The first kappa shape index (κ1) is 5.50. The fourth-order valence-corrected chi connectivity index (χ4v) is 0.860. The fourth-order valence-electron chi connectivity index (χ4n) is 0.362. The van der Waals surface area contributed by atoms with E-state index in [-0.39, 0.29) is 11.5 Å².